The van der Waals surface area contributed by atoms with Crippen molar-refractivity contribution < 1.29 is 14.3 Å². The molecule has 1 unspecified atom stereocenters. The number of tetrazole rings is 1. The van der Waals surface area contributed by atoms with Crippen LogP contribution in [-0.4, -0.2) is 44.7 Å². The van der Waals surface area contributed by atoms with Gasteiger partial charge in [0.25, 0.3) is 5.91 Å². The molecule has 1 aromatic heterocycles. The molecule has 0 spiro atoms. The lowest BCUT2D eigenvalue weighted by molar-refractivity contribution is -0.144. The maximum absolute atomic E-state index is 12.7. The smallest absolute Gasteiger partial charge is 0.328 e. The Morgan fingerprint density at radius 1 is 1.14 bits per heavy atom. The summed E-state index contributed by atoms with van der Waals surface area (Å²) in [5.74, 6) is 0.334. The van der Waals surface area contributed by atoms with E-state index in [0.29, 0.717) is 17.1 Å². The Morgan fingerprint density at radius 2 is 1.86 bits per heavy atom. The van der Waals surface area contributed by atoms with Crippen LogP contribution < -0.4 is 5.32 Å². The van der Waals surface area contributed by atoms with Crippen LogP contribution in [0.25, 0.3) is 5.69 Å². The molecule has 1 atom stereocenters. The van der Waals surface area contributed by atoms with Gasteiger partial charge in [-0.05, 0) is 48.5 Å². The molecule has 8 nitrogen and oxygen atoms in total. The maximum Gasteiger partial charge on any atom is 0.328 e. The van der Waals surface area contributed by atoms with Gasteiger partial charge < -0.3 is 10.1 Å². The lowest BCUT2D eigenvalue weighted by Gasteiger charge is -2.14. The van der Waals surface area contributed by atoms with Crippen LogP contribution in [0.1, 0.15) is 30.0 Å². The predicted molar refractivity (Wildman–Crippen MR) is 109 cm³/mol. The summed E-state index contributed by atoms with van der Waals surface area (Å²) in [6, 6.07) is 16.1. The highest BCUT2D eigenvalue weighted by Gasteiger charge is 2.20. The molecule has 0 aliphatic carbocycles. The molecule has 0 saturated carbocycles. The van der Waals surface area contributed by atoms with E-state index in [0.717, 1.165) is 10.6 Å². The summed E-state index contributed by atoms with van der Waals surface area (Å²) in [7, 11) is 0. The minimum Gasteiger partial charge on any atom is -0.464 e. The van der Waals surface area contributed by atoms with Crippen molar-refractivity contribution in [1.82, 2.24) is 25.5 Å². The molecular weight excluding hydrogens is 390 g/mol. The highest BCUT2D eigenvalue weighted by molar-refractivity contribution is 7.98. The van der Waals surface area contributed by atoms with Crippen molar-refractivity contribution in [2.75, 3.05) is 6.61 Å². The second-order valence-corrected chi connectivity index (χ2v) is 7.09. The number of hydrogen-bond donors (Lipinski definition) is 1. The van der Waals surface area contributed by atoms with Gasteiger partial charge in [-0.3, -0.25) is 4.79 Å². The fraction of sp³-hybridized carbons (Fsp3) is 0.250. The molecule has 0 radical (unpaired) electrons. The minimum absolute atomic E-state index is 0.265. The van der Waals surface area contributed by atoms with Crippen molar-refractivity contribution >= 4 is 23.6 Å². The molecule has 0 aliphatic rings. The van der Waals surface area contributed by atoms with E-state index in [1.54, 1.807) is 30.7 Å². The van der Waals surface area contributed by atoms with E-state index >= 15 is 0 Å². The number of esters is 1. The van der Waals surface area contributed by atoms with Gasteiger partial charge in [-0.15, -0.1) is 16.9 Å². The van der Waals surface area contributed by atoms with Gasteiger partial charge in [0.05, 0.1) is 23.6 Å². The number of carbonyl (C=O) groups is 2. The van der Waals surface area contributed by atoms with E-state index in [2.05, 4.69) is 20.8 Å². The normalized spacial score (nSPS) is 11.7. The topological polar surface area (TPSA) is 99.0 Å². The van der Waals surface area contributed by atoms with Gasteiger partial charge in [0.15, 0.2) is 5.82 Å². The van der Waals surface area contributed by atoms with Crippen LogP contribution in [0.5, 0.6) is 0 Å². The average Bonchev–Trinajstić information content (AvgIpc) is 3.22. The first-order chi connectivity index (χ1) is 14.1. The Balaban J connectivity index is 1.72. The number of ether oxygens (including phenoxy) is 1. The molecule has 1 heterocycles. The summed E-state index contributed by atoms with van der Waals surface area (Å²) in [4.78, 5) is 25.2. The quantitative estimate of drug-likeness (QED) is 0.449. The predicted octanol–water partition coefficient (Wildman–Crippen LogP) is 2.64. The summed E-state index contributed by atoms with van der Waals surface area (Å²) >= 11 is 1.45. The molecule has 9 heteroatoms. The molecule has 0 bridgehead atoms. The Labute approximate surface area is 172 Å². The average molecular weight is 411 g/mol. The van der Waals surface area contributed by atoms with E-state index in [9.17, 15) is 9.59 Å². The van der Waals surface area contributed by atoms with Crippen LogP contribution in [0.15, 0.2) is 59.5 Å². The van der Waals surface area contributed by atoms with Crippen LogP contribution >= 0.6 is 11.8 Å². The van der Waals surface area contributed by atoms with Crippen LogP contribution in [-0.2, 0) is 15.3 Å². The van der Waals surface area contributed by atoms with Crippen molar-refractivity contribution in [2.45, 2.75) is 30.5 Å². The SMILES string of the molecule is CCOC(=O)C(C)NC(=O)c1ccccc1SCc1nnnn1-c1ccccc1. The molecule has 3 aromatic rings. The number of aromatic nitrogens is 4. The van der Waals surface area contributed by atoms with Crippen molar-refractivity contribution in [2.24, 2.45) is 0 Å². The molecule has 0 fully saturated rings. The van der Waals surface area contributed by atoms with Crippen LogP contribution in [0.3, 0.4) is 0 Å². The Morgan fingerprint density at radius 3 is 2.62 bits per heavy atom. The van der Waals surface area contributed by atoms with E-state index in [4.69, 9.17) is 4.74 Å². The maximum atomic E-state index is 12.7. The first kappa shape index (κ1) is 20.5. The number of rotatable bonds is 8. The summed E-state index contributed by atoms with van der Waals surface area (Å²) in [5.41, 5.74) is 1.34. The number of benzene rings is 2. The van der Waals surface area contributed by atoms with E-state index in [1.165, 1.54) is 11.8 Å². The Kier molecular flexibility index (Phi) is 6.96. The minimum atomic E-state index is -0.731. The summed E-state index contributed by atoms with van der Waals surface area (Å²) < 4.78 is 6.60. The van der Waals surface area contributed by atoms with E-state index in [-0.39, 0.29) is 12.5 Å². The zero-order chi connectivity index (χ0) is 20.6. The summed E-state index contributed by atoms with van der Waals surface area (Å²) in [6.07, 6.45) is 0. The third kappa shape index (κ3) is 5.20. The molecule has 1 amide bonds. The van der Waals surface area contributed by atoms with Crippen LogP contribution in [0.4, 0.5) is 0 Å². The van der Waals surface area contributed by atoms with Crippen molar-refractivity contribution in [3.05, 3.63) is 66.0 Å². The highest BCUT2D eigenvalue weighted by Crippen LogP contribution is 2.26. The molecule has 2 aromatic carbocycles. The van der Waals surface area contributed by atoms with E-state index in [1.807, 2.05) is 42.5 Å². The Hall–Kier alpha value is -3.20. The van der Waals surface area contributed by atoms with Gasteiger partial charge in [0, 0.05) is 4.90 Å². The second kappa shape index (κ2) is 9.83. The molecule has 3 rings (SSSR count). The summed E-state index contributed by atoms with van der Waals surface area (Å²) in [5, 5.41) is 14.6. The lowest BCUT2D eigenvalue weighted by Crippen LogP contribution is -2.39. The first-order valence-electron chi connectivity index (χ1n) is 9.12. The number of carbonyl (C=O) groups excluding carboxylic acids is 2. The van der Waals surface area contributed by atoms with Crippen LogP contribution in [0.2, 0.25) is 0 Å². The third-order valence-electron chi connectivity index (χ3n) is 4.01. The van der Waals surface area contributed by atoms with Gasteiger partial charge >= 0.3 is 5.97 Å². The number of hydrogen-bond acceptors (Lipinski definition) is 7. The number of nitrogens with zero attached hydrogens (tertiary/aromatic N) is 4. The molecule has 0 saturated heterocycles. The first-order valence-corrected chi connectivity index (χ1v) is 10.1. The summed E-state index contributed by atoms with van der Waals surface area (Å²) in [6.45, 7) is 3.59. The second-order valence-electron chi connectivity index (χ2n) is 6.07. The fourth-order valence-corrected chi connectivity index (χ4v) is 3.54. The monoisotopic (exact) mass is 411 g/mol. The van der Waals surface area contributed by atoms with Crippen molar-refractivity contribution in [3.8, 4) is 5.69 Å². The molecular formula is C20H21N5O3S. The number of amides is 1. The number of para-hydroxylation sites is 1. The Bertz CT molecular complexity index is 977. The number of nitrogens with one attached hydrogen (secondary N) is 1. The zero-order valence-corrected chi connectivity index (χ0v) is 16.9. The van der Waals surface area contributed by atoms with Gasteiger partial charge in [0.2, 0.25) is 0 Å². The van der Waals surface area contributed by atoms with Gasteiger partial charge in [-0.1, -0.05) is 30.3 Å². The molecule has 150 valence electrons. The number of thioether (sulfide) groups is 1. The molecule has 1 N–H and O–H groups in total. The van der Waals surface area contributed by atoms with Gasteiger partial charge in [-0.2, -0.15) is 4.68 Å². The largest absolute Gasteiger partial charge is 0.464 e. The molecule has 0 aliphatic heterocycles. The highest BCUT2D eigenvalue weighted by atomic mass is 32.2. The van der Waals surface area contributed by atoms with Crippen LogP contribution in [0, 0.1) is 0 Å². The fourth-order valence-electron chi connectivity index (χ4n) is 2.59. The molecule has 29 heavy (non-hydrogen) atoms. The third-order valence-corrected chi connectivity index (χ3v) is 5.08. The van der Waals surface area contributed by atoms with Gasteiger partial charge in [-0.25, -0.2) is 4.79 Å². The standard InChI is InChI=1S/C20H21N5O3S/c1-3-28-20(27)14(2)21-19(26)16-11-7-8-12-17(16)29-13-18-22-23-24-25(18)15-9-5-4-6-10-15/h4-12,14H,3,13H2,1-2H3,(H,21,26). The zero-order valence-electron chi connectivity index (χ0n) is 16.1. The van der Waals surface area contributed by atoms with Gasteiger partial charge in [0.1, 0.15) is 6.04 Å². The van der Waals surface area contributed by atoms with Crippen molar-refractivity contribution in [1.29, 1.82) is 0 Å². The van der Waals surface area contributed by atoms with E-state index < -0.39 is 12.0 Å². The lowest BCUT2D eigenvalue weighted by atomic mass is 10.2. The van der Waals surface area contributed by atoms with Crippen molar-refractivity contribution in [3.63, 3.8) is 0 Å².